The maximum absolute atomic E-state index is 13.8. The zero-order valence-electron chi connectivity index (χ0n) is 24.1. The van der Waals surface area contributed by atoms with Crippen LogP contribution >= 0.6 is 27.5 Å². The Labute approximate surface area is 267 Å². The first-order chi connectivity index (χ1) is 21.2. The van der Waals surface area contributed by atoms with Crippen molar-refractivity contribution >= 4 is 45.3 Å². The van der Waals surface area contributed by atoms with Gasteiger partial charge in [-0.15, -0.1) is 0 Å². The molecular formula is C32H30BrClN4O6. The fourth-order valence-corrected chi connectivity index (χ4v) is 5.50. The van der Waals surface area contributed by atoms with E-state index in [1.54, 1.807) is 66.0 Å². The predicted molar refractivity (Wildman–Crippen MR) is 168 cm³/mol. The Morgan fingerprint density at radius 1 is 0.977 bits per heavy atom. The van der Waals surface area contributed by atoms with E-state index in [0.717, 1.165) is 11.1 Å². The minimum atomic E-state index is -0.469. The number of nitrogens with one attached hydrogen (secondary N) is 1. The Hall–Kier alpha value is -4.35. The number of methoxy groups -OCH3 is 1. The molecule has 44 heavy (non-hydrogen) atoms. The molecule has 5 rings (SSSR count). The first-order valence-corrected chi connectivity index (χ1v) is 15.1. The standard InChI is InChI=1S/C32H30BrClN4O6/c1-3-44-28(39)16-20-4-6-21(7-5-20)18-35-30(40)29-27-19-36(31(41)22-8-13-25(33)26(34)17-22)14-15-37(27)32(42)38(29)23-9-11-24(43-2)12-10-23/h4-13,17H,3,14-16,18-19H2,1-2H3,(H,35,40). The molecule has 0 saturated carbocycles. The summed E-state index contributed by atoms with van der Waals surface area (Å²) in [5.74, 6) is -0.430. The van der Waals surface area contributed by atoms with Gasteiger partial charge in [0.05, 0.1) is 43.1 Å². The summed E-state index contributed by atoms with van der Waals surface area (Å²) in [5.41, 5.74) is 2.69. The lowest BCUT2D eigenvalue weighted by Gasteiger charge is -2.28. The number of fused-ring (bicyclic) bond motifs is 1. The molecule has 0 atom stereocenters. The molecule has 0 radical (unpaired) electrons. The van der Waals surface area contributed by atoms with Crippen molar-refractivity contribution in [2.45, 2.75) is 33.0 Å². The van der Waals surface area contributed by atoms with E-state index in [1.165, 1.54) is 4.57 Å². The van der Waals surface area contributed by atoms with E-state index in [9.17, 15) is 19.2 Å². The van der Waals surface area contributed by atoms with E-state index in [1.807, 2.05) is 24.3 Å². The molecule has 4 aromatic rings. The number of nitrogens with zero attached hydrogens (tertiary/aromatic N) is 3. The molecule has 1 N–H and O–H groups in total. The number of benzene rings is 3. The van der Waals surface area contributed by atoms with E-state index < -0.39 is 5.91 Å². The number of amides is 2. The van der Waals surface area contributed by atoms with Crippen molar-refractivity contribution in [3.63, 3.8) is 0 Å². The minimum Gasteiger partial charge on any atom is -0.497 e. The number of hydrogen-bond donors (Lipinski definition) is 1. The summed E-state index contributed by atoms with van der Waals surface area (Å²) in [6.45, 7) is 2.81. The third kappa shape index (κ3) is 6.58. The maximum Gasteiger partial charge on any atom is 0.333 e. The maximum atomic E-state index is 13.8. The molecule has 10 nitrogen and oxygen atoms in total. The molecule has 3 aromatic carbocycles. The Balaban J connectivity index is 1.44. The minimum absolute atomic E-state index is 0.0518. The molecule has 0 spiro atoms. The summed E-state index contributed by atoms with van der Waals surface area (Å²) < 4.78 is 13.9. The van der Waals surface area contributed by atoms with Gasteiger partial charge in [0.1, 0.15) is 11.4 Å². The van der Waals surface area contributed by atoms with Crippen LogP contribution in [0.15, 0.2) is 76.0 Å². The Morgan fingerprint density at radius 3 is 2.34 bits per heavy atom. The quantitative estimate of drug-likeness (QED) is 0.255. The van der Waals surface area contributed by atoms with E-state index in [4.69, 9.17) is 21.1 Å². The summed E-state index contributed by atoms with van der Waals surface area (Å²) in [6.07, 6.45) is 0.160. The van der Waals surface area contributed by atoms with Crippen LogP contribution in [0.4, 0.5) is 0 Å². The molecule has 1 aromatic heterocycles. The number of imidazole rings is 1. The van der Waals surface area contributed by atoms with Gasteiger partial charge in [0, 0.05) is 29.7 Å². The third-order valence-electron chi connectivity index (χ3n) is 7.31. The number of carbonyl (C=O) groups excluding carboxylic acids is 3. The van der Waals surface area contributed by atoms with Crippen LogP contribution in [0, 0.1) is 0 Å². The van der Waals surface area contributed by atoms with Gasteiger partial charge in [-0.05, 0) is 76.4 Å². The van der Waals surface area contributed by atoms with Crippen LogP contribution in [0.25, 0.3) is 5.69 Å². The number of ether oxygens (including phenoxy) is 2. The van der Waals surface area contributed by atoms with E-state index in [2.05, 4.69) is 21.2 Å². The number of hydrogen-bond acceptors (Lipinski definition) is 6. The summed E-state index contributed by atoms with van der Waals surface area (Å²) in [7, 11) is 1.55. The number of esters is 1. The van der Waals surface area contributed by atoms with Gasteiger partial charge >= 0.3 is 11.7 Å². The van der Waals surface area contributed by atoms with Crippen molar-refractivity contribution in [1.82, 2.24) is 19.4 Å². The second-order valence-electron chi connectivity index (χ2n) is 10.1. The van der Waals surface area contributed by atoms with Gasteiger partial charge in [-0.2, -0.15) is 0 Å². The number of halogens is 2. The van der Waals surface area contributed by atoms with Crippen molar-refractivity contribution in [3.8, 4) is 11.4 Å². The van der Waals surface area contributed by atoms with Gasteiger partial charge in [0.25, 0.3) is 11.8 Å². The second kappa shape index (κ2) is 13.5. The van der Waals surface area contributed by atoms with Crippen molar-refractivity contribution < 1.29 is 23.9 Å². The monoisotopic (exact) mass is 680 g/mol. The van der Waals surface area contributed by atoms with Crippen LogP contribution in [-0.4, -0.2) is 52.1 Å². The molecule has 0 bridgehead atoms. The highest BCUT2D eigenvalue weighted by Crippen LogP contribution is 2.26. The molecule has 0 fully saturated rings. The van der Waals surface area contributed by atoms with Crippen LogP contribution in [-0.2, 0) is 35.6 Å². The molecule has 1 aliphatic heterocycles. The average Bonchev–Trinajstić information content (AvgIpc) is 3.33. The third-order valence-corrected chi connectivity index (χ3v) is 8.54. The number of carbonyl (C=O) groups is 3. The molecule has 228 valence electrons. The van der Waals surface area contributed by atoms with Crippen molar-refractivity contribution in [1.29, 1.82) is 0 Å². The SMILES string of the molecule is CCOC(=O)Cc1ccc(CNC(=O)c2c3n(c(=O)n2-c2ccc(OC)cc2)CCN(C(=O)c2ccc(Br)c(Cl)c2)C3)cc1. The predicted octanol–water partition coefficient (Wildman–Crippen LogP) is 4.76. The summed E-state index contributed by atoms with van der Waals surface area (Å²) in [4.78, 5) is 54.4. The lowest BCUT2D eigenvalue weighted by molar-refractivity contribution is -0.142. The highest BCUT2D eigenvalue weighted by atomic mass is 79.9. The highest BCUT2D eigenvalue weighted by Gasteiger charge is 2.32. The summed E-state index contributed by atoms with van der Waals surface area (Å²) in [5, 5.41) is 3.33. The second-order valence-corrected chi connectivity index (χ2v) is 11.4. The average molecular weight is 682 g/mol. The fraction of sp³-hybridized carbons (Fsp3) is 0.250. The Morgan fingerprint density at radius 2 is 1.68 bits per heavy atom. The van der Waals surface area contributed by atoms with E-state index in [0.29, 0.717) is 38.8 Å². The normalized spacial score (nSPS) is 12.4. The molecular weight excluding hydrogens is 652 g/mol. The van der Waals surface area contributed by atoms with Crippen molar-refractivity contribution in [3.05, 3.63) is 115 Å². The fourth-order valence-electron chi connectivity index (χ4n) is 5.07. The van der Waals surface area contributed by atoms with Gasteiger partial charge in [0.2, 0.25) is 0 Å². The van der Waals surface area contributed by atoms with E-state index in [-0.39, 0.29) is 55.9 Å². The zero-order chi connectivity index (χ0) is 31.4. The molecule has 2 heterocycles. The van der Waals surface area contributed by atoms with Crippen LogP contribution < -0.4 is 15.7 Å². The zero-order valence-corrected chi connectivity index (χ0v) is 26.5. The van der Waals surface area contributed by atoms with Crippen LogP contribution in [0.2, 0.25) is 5.02 Å². The van der Waals surface area contributed by atoms with Crippen molar-refractivity contribution in [2.75, 3.05) is 20.3 Å². The molecule has 0 unspecified atom stereocenters. The van der Waals surface area contributed by atoms with Gasteiger partial charge in [0.15, 0.2) is 0 Å². The molecule has 0 saturated heterocycles. The lowest BCUT2D eigenvalue weighted by Crippen LogP contribution is -2.41. The largest absolute Gasteiger partial charge is 0.497 e. The molecule has 0 aliphatic carbocycles. The topological polar surface area (TPSA) is 112 Å². The molecule has 2 amide bonds. The van der Waals surface area contributed by atoms with Gasteiger partial charge in [-0.3, -0.25) is 23.5 Å². The van der Waals surface area contributed by atoms with E-state index >= 15 is 0 Å². The Bertz CT molecular complexity index is 1770. The van der Waals surface area contributed by atoms with Gasteiger partial charge < -0.3 is 19.7 Å². The van der Waals surface area contributed by atoms with Gasteiger partial charge in [-0.25, -0.2) is 4.79 Å². The molecule has 1 aliphatic rings. The molecule has 12 heteroatoms. The first kappa shape index (κ1) is 31.1. The number of aromatic nitrogens is 2. The summed E-state index contributed by atoms with van der Waals surface area (Å²) >= 11 is 9.58. The smallest absolute Gasteiger partial charge is 0.333 e. The van der Waals surface area contributed by atoms with Crippen LogP contribution in [0.1, 0.15) is 44.6 Å². The summed E-state index contributed by atoms with van der Waals surface area (Å²) in [6, 6.07) is 19.1. The van der Waals surface area contributed by atoms with Crippen LogP contribution in [0.5, 0.6) is 5.75 Å². The van der Waals surface area contributed by atoms with Crippen LogP contribution in [0.3, 0.4) is 0 Å². The Kier molecular flexibility index (Phi) is 9.55. The van der Waals surface area contributed by atoms with Gasteiger partial charge in [-0.1, -0.05) is 35.9 Å². The lowest BCUT2D eigenvalue weighted by atomic mass is 10.1. The highest BCUT2D eigenvalue weighted by molar-refractivity contribution is 9.10. The first-order valence-electron chi connectivity index (χ1n) is 13.9. The number of rotatable bonds is 9. The van der Waals surface area contributed by atoms with Crippen molar-refractivity contribution in [2.24, 2.45) is 0 Å².